The molecule has 0 aromatic rings. The summed E-state index contributed by atoms with van der Waals surface area (Å²) in [6, 6.07) is -2.21. The summed E-state index contributed by atoms with van der Waals surface area (Å²) in [4.78, 5) is 34.6. The van der Waals surface area contributed by atoms with E-state index >= 15 is 0 Å². The standard InChI is InChI=1S/C17H30N2O6.Na/c1-4-5-6-7-8-15(21)18-9-10-19(11-12-20,13(2)16(22)23)14(3)17(24)25;/h6-7,13-14,20H,4-5,8-12H2,1-3H3,(H2-,18,21,22,23,24,25);/q;+1/b7-6+;. The maximum atomic E-state index is 11.8. The second-order valence-corrected chi connectivity index (χ2v) is 6.10. The molecule has 0 spiro atoms. The van der Waals surface area contributed by atoms with Crippen LogP contribution in [0.1, 0.15) is 40.0 Å². The third-order valence-corrected chi connectivity index (χ3v) is 4.53. The molecule has 0 aliphatic heterocycles. The molecule has 1 amide bonds. The number of nitrogens with zero attached hydrogens (tertiary/aromatic N) is 1. The van der Waals surface area contributed by atoms with Gasteiger partial charge in [0.05, 0.1) is 25.7 Å². The quantitative estimate of drug-likeness (QED) is 0.171. The molecule has 0 saturated heterocycles. The van der Waals surface area contributed by atoms with Crippen LogP contribution in [0.2, 0.25) is 0 Å². The molecule has 0 fully saturated rings. The molecule has 3 unspecified atom stereocenters. The molecule has 0 rings (SSSR count). The zero-order valence-electron chi connectivity index (χ0n) is 16.2. The van der Waals surface area contributed by atoms with Gasteiger partial charge in [-0.3, -0.25) is 4.79 Å². The largest absolute Gasteiger partial charge is 1.00 e. The topological polar surface area (TPSA) is 127 Å². The van der Waals surface area contributed by atoms with Crippen LogP contribution in [-0.4, -0.2) is 70.9 Å². The van der Waals surface area contributed by atoms with E-state index in [9.17, 15) is 29.7 Å². The fraction of sp³-hybridized carbons (Fsp3) is 0.706. The maximum Gasteiger partial charge on any atom is 1.00 e. The molecule has 26 heavy (non-hydrogen) atoms. The Bertz CT molecular complexity index is 464. The molecule has 0 aliphatic rings. The number of hydrogen-bond donors (Lipinski definition) is 3. The van der Waals surface area contributed by atoms with E-state index in [-0.39, 0.29) is 68.1 Å². The summed E-state index contributed by atoms with van der Waals surface area (Å²) in [6.45, 7) is 4.53. The Labute approximate surface area is 177 Å². The minimum atomic E-state index is -1.39. The van der Waals surface area contributed by atoms with Crippen molar-refractivity contribution in [3.05, 3.63) is 12.2 Å². The van der Waals surface area contributed by atoms with Gasteiger partial charge in [0.15, 0.2) is 6.04 Å². The van der Waals surface area contributed by atoms with Crippen molar-refractivity contribution >= 4 is 17.8 Å². The average molecular weight is 381 g/mol. The molecule has 0 aliphatic carbocycles. The molecule has 9 heteroatoms. The predicted octanol–water partition coefficient (Wildman–Crippen LogP) is -3.73. The number of aliphatic carboxylic acids is 2. The number of carboxylic acid groups (broad SMARTS) is 2. The van der Waals surface area contributed by atoms with Gasteiger partial charge in [-0.1, -0.05) is 25.5 Å². The predicted molar refractivity (Wildman–Crippen MR) is 90.3 cm³/mol. The fourth-order valence-corrected chi connectivity index (χ4v) is 2.79. The monoisotopic (exact) mass is 381 g/mol. The van der Waals surface area contributed by atoms with Gasteiger partial charge < -0.3 is 29.9 Å². The number of carbonyl (C=O) groups is 3. The summed E-state index contributed by atoms with van der Waals surface area (Å²) < 4.78 is -0.403. The molecule has 3 atom stereocenters. The zero-order valence-corrected chi connectivity index (χ0v) is 18.2. The van der Waals surface area contributed by atoms with Crippen molar-refractivity contribution < 1.29 is 63.7 Å². The van der Waals surface area contributed by atoms with Crippen LogP contribution in [0.15, 0.2) is 12.2 Å². The number of aliphatic hydroxyl groups excluding tert-OH is 1. The Morgan fingerprint density at radius 2 is 1.77 bits per heavy atom. The van der Waals surface area contributed by atoms with Gasteiger partial charge in [0.25, 0.3) is 0 Å². The summed E-state index contributed by atoms with van der Waals surface area (Å²) in [5, 5.41) is 32.7. The van der Waals surface area contributed by atoms with E-state index in [1.54, 1.807) is 6.08 Å². The van der Waals surface area contributed by atoms with Crippen LogP contribution in [0, 0.1) is 0 Å². The molecule has 0 radical (unpaired) electrons. The van der Waals surface area contributed by atoms with E-state index < -0.39 is 28.5 Å². The number of carboxylic acids is 2. The fourth-order valence-electron chi connectivity index (χ4n) is 2.79. The van der Waals surface area contributed by atoms with E-state index in [2.05, 4.69) is 5.32 Å². The normalized spacial score (nSPS) is 15.5. The Balaban J connectivity index is 0. The Morgan fingerprint density at radius 1 is 1.15 bits per heavy atom. The van der Waals surface area contributed by atoms with E-state index in [4.69, 9.17) is 0 Å². The number of amides is 1. The number of carbonyl (C=O) groups excluding carboxylic acids is 2. The molecule has 144 valence electrons. The van der Waals surface area contributed by atoms with E-state index in [0.717, 1.165) is 12.8 Å². The van der Waals surface area contributed by atoms with Crippen molar-refractivity contribution in [3.8, 4) is 0 Å². The number of rotatable bonds is 13. The average Bonchev–Trinajstić information content (AvgIpc) is 2.56. The van der Waals surface area contributed by atoms with Crippen molar-refractivity contribution in [2.45, 2.75) is 52.1 Å². The summed E-state index contributed by atoms with van der Waals surface area (Å²) in [5.41, 5.74) is 0. The summed E-state index contributed by atoms with van der Waals surface area (Å²) in [5.74, 6) is -2.79. The van der Waals surface area contributed by atoms with Crippen molar-refractivity contribution in [3.63, 3.8) is 0 Å². The van der Waals surface area contributed by atoms with Gasteiger partial charge in [-0.05, 0) is 20.3 Å². The Kier molecular flexibility index (Phi) is 14.9. The zero-order chi connectivity index (χ0) is 19.5. The van der Waals surface area contributed by atoms with E-state index in [0.29, 0.717) is 0 Å². The molecule has 0 bridgehead atoms. The first kappa shape index (κ1) is 27.3. The number of aliphatic hydroxyl groups is 1. The minimum absolute atomic E-state index is 0. The van der Waals surface area contributed by atoms with E-state index in [1.165, 1.54) is 13.8 Å². The summed E-state index contributed by atoms with van der Waals surface area (Å²) in [7, 11) is 0. The van der Waals surface area contributed by atoms with Gasteiger partial charge >= 0.3 is 35.5 Å². The molecule has 0 saturated carbocycles. The number of nitrogens with one attached hydrogen (secondary N) is 1. The number of unbranched alkanes of at least 4 members (excludes halogenated alkanes) is 1. The minimum Gasteiger partial charge on any atom is -0.544 e. The van der Waals surface area contributed by atoms with Crippen LogP contribution >= 0.6 is 0 Å². The second kappa shape index (κ2) is 14.2. The van der Waals surface area contributed by atoms with Crippen molar-refractivity contribution in [1.82, 2.24) is 5.32 Å². The summed E-state index contributed by atoms with van der Waals surface area (Å²) in [6.07, 6.45) is 5.77. The number of hydrogen-bond acceptors (Lipinski definition) is 5. The molecular formula is C17H30N2NaO6+. The number of allylic oxidation sites excluding steroid dienone is 1. The van der Waals surface area contributed by atoms with Crippen LogP contribution in [0.5, 0.6) is 0 Å². The summed E-state index contributed by atoms with van der Waals surface area (Å²) >= 11 is 0. The van der Waals surface area contributed by atoms with Crippen LogP contribution in [0.25, 0.3) is 0 Å². The van der Waals surface area contributed by atoms with Gasteiger partial charge in [0.2, 0.25) is 5.91 Å². The molecule has 3 N–H and O–H groups in total. The van der Waals surface area contributed by atoms with Crippen molar-refractivity contribution in [1.29, 1.82) is 0 Å². The first-order chi connectivity index (χ1) is 11.7. The first-order valence-corrected chi connectivity index (χ1v) is 8.55. The van der Waals surface area contributed by atoms with Crippen molar-refractivity contribution in [2.75, 3.05) is 26.2 Å². The SMILES string of the molecule is CCC/C=C/CC(=O)NCC[N+](CCO)(C(C)C(=O)[O-])C(C)C(=O)O.[Na+]. The maximum absolute atomic E-state index is 11.8. The Morgan fingerprint density at radius 3 is 2.23 bits per heavy atom. The number of quaternary nitrogens is 1. The van der Waals surface area contributed by atoms with Crippen LogP contribution in [-0.2, 0) is 14.4 Å². The van der Waals surface area contributed by atoms with Crippen molar-refractivity contribution in [2.24, 2.45) is 0 Å². The van der Waals surface area contributed by atoms with Gasteiger partial charge in [-0.15, -0.1) is 0 Å². The van der Waals surface area contributed by atoms with Gasteiger partial charge in [-0.2, -0.15) is 0 Å². The molecule has 8 nitrogen and oxygen atoms in total. The van der Waals surface area contributed by atoms with Crippen LogP contribution in [0.3, 0.4) is 0 Å². The van der Waals surface area contributed by atoms with Crippen LogP contribution < -0.4 is 40.0 Å². The third kappa shape index (κ3) is 8.64. The Hall–Kier alpha value is -0.930. The van der Waals surface area contributed by atoms with Crippen LogP contribution in [0.4, 0.5) is 0 Å². The van der Waals surface area contributed by atoms with Gasteiger partial charge in [0.1, 0.15) is 12.6 Å². The second-order valence-electron chi connectivity index (χ2n) is 6.10. The van der Waals surface area contributed by atoms with Gasteiger partial charge in [0, 0.05) is 6.42 Å². The first-order valence-electron chi connectivity index (χ1n) is 8.55. The van der Waals surface area contributed by atoms with E-state index in [1.807, 2.05) is 13.0 Å². The molecule has 0 heterocycles. The molecule has 0 aromatic carbocycles. The molecular weight excluding hydrogens is 351 g/mol. The molecule has 0 aromatic heterocycles. The van der Waals surface area contributed by atoms with Gasteiger partial charge in [-0.25, -0.2) is 4.79 Å². The smallest absolute Gasteiger partial charge is 0.544 e. The third-order valence-electron chi connectivity index (χ3n) is 4.53.